The lowest BCUT2D eigenvalue weighted by molar-refractivity contribution is -0.165. The zero-order chi connectivity index (χ0) is 13.1. The molecule has 1 aromatic heterocycles. The highest BCUT2D eigenvalue weighted by atomic mass is 79.9. The van der Waals surface area contributed by atoms with Crippen LogP contribution in [0, 0.1) is 0 Å². The van der Waals surface area contributed by atoms with Crippen molar-refractivity contribution in [2.24, 2.45) is 0 Å². The monoisotopic (exact) mass is 328 g/mol. The van der Waals surface area contributed by atoms with Crippen LogP contribution < -0.4 is 5.32 Å². The first kappa shape index (κ1) is 14.0. The topological polar surface area (TPSA) is 42.0 Å². The molecule has 0 spiro atoms. The minimum Gasteiger partial charge on any atom is -0.345 e. The van der Waals surface area contributed by atoms with Gasteiger partial charge in [0.25, 0.3) is 5.78 Å². The van der Waals surface area contributed by atoms with Gasteiger partial charge in [-0.2, -0.15) is 13.2 Å². The van der Waals surface area contributed by atoms with Crippen LogP contribution in [-0.4, -0.2) is 16.9 Å². The third-order valence-electron chi connectivity index (χ3n) is 1.55. The van der Waals surface area contributed by atoms with Gasteiger partial charge in [-0.25, -0.2) is 4.98 Å². The smallest absolute Gasteiger partial charge is 0.345 e. The number of halogens is 5. The Balaban J connectivity index is 2.71. The molecule has 0 atom stereocenters. The number of rotatable bonds is 3. The van der Waals surface area contributed by atoms with Crippen LogP contribution in [-0.2, 0) is 4.79 Å². The maximum atomic E-state index is 12.0. The summed E-state index contributed by atoms with van der Waals surface area (Å²) >= 11 is 8.33. The van der Waals surface area contributed by atoms with Crippen LogP contribution in [0.3, 0.4) is 0 Å². The van der Waals surface area contributed by atoms with Crippen molar-refractivity contribution >= 4 is 39.1 Å². The number of carbonyl (C=O) groups excluding carboxylic acids is 1. The molecule has 0 unspecified atom stereocenters. The second-order valence-electron chi connectivity index (χ2n) is 2.83. The molecular weight excluding hydrogens is 324 g/mol. The van der Waals surface area contributed by atoms with E-state index in [0.29, 0.717) is 4.47 Å². The number of nitrogens with zero attached hydrogens (tertiary/aromatic N) is 1. The molecular formula is C9H5BrClF3N2O. The first-order chi connectivity index (χ1) is 7.80. The van der Waals surface area contributed by atoms with Gasteiger partial charge in [0.1, 0.15) is 10.9 Å². The van der Waals surface area contributed by atoms with Crippen LogP contribution in [0.5, 0.6) is 0 Å². The van der Waals surface area contributed by atoms with E-state index in [9.17, 15) is 18.0 Å². The summed E-state index contributed by atoms with van der Waals surface area (Å²) in [5.74, 6) is -1.84. The molecule has 0 aliphatic carbocycles. The third-order valence-corrected chi connectivity index (χ3v) is 2.30. The molecule has 3 nitrogen and oxygen atoms in total. The van der Waals surface area contributed by atoms with E-state index in [-0.39, 0.29) is 5.82 Å². The molecule has 17 heavy (non-hydrogen) atoms. The highest BCUT2D eigenvalue weighted by molar-refractivity contribution is 9.10. The number of anilines is 1. The number of allylic oxidation sites excluding steroid dienone is 1. The predicted molar refractivity (Wildman–Crippen MR) is 60.6 cm³/mol. The SMILES string of the molecule is O=C(C(Cl)=CNc1ccc(Br)cn1)C(F)(F)F. The van der Waals surface area contributed by atoms with E-state index in [1.807, 2.05) is 0 Å². The summed E-state index contributed by atoms with van der Waals surface area (Å²) in [6.07, 6.45) is -2.80. The van der Waals surface area contributed by atoms with Crippen molar-refractivity contribution < 1.29 is 18.0 Å². The third kappa shape index (κ3) is 4.35. The highest BCUT2D eigenvalue weighted by Gasteiger charge is 2.40. The Kier molecular flexibility index (Phi) is 4.53. The van der Waals surface area contributed by atoms with Crippen molar-refractivity contribution in [3.63, 3.8) is 0 Å². The van der Waals surface area contributed by atoms with Crippen molar-refractivity contribution in [3.8, 4) is 0 Å². The van der Waals surface area contributed by atoms with Gasteiger partial charge >= 0.3 is 6.18 Å². The van der Waals surface area contributed by atoms with E-state index in [1.54, 1.807) is 6.07 Å². The van der Waals surface area contributed by atoms with Gasteiger partial charge in [0.05, 0.1) is 0 Å². The lowest BCUT2D eigenvalue weighted by atomic mass is 10.3. The quantitative estimate of drug-likeness (QED) is 0.864. The van der Waals surface area contributed by atoms with Gasteiger partial charge in [-0.1, -0.05) is 11.6 Å². The van der Waals surface area contributed by atoms with Crippen LogP contribution in [0.15, 0.2) is 34.0 Å². The van der Waals surface area contributed by atoms with Gasteiger partial charge in [0, 0.05) is 16.9 Å². The number of alkyl halides is 3. The normalized spacial score (nSPS) is 12.4. The molecule has 0 amide bonds. The van der Waals surface area contributed by atoms with Crippen LogP contribution in [0.4, 0.5) is 19.0 Å². The summed E-state index contributed by atoms with van der Waals surface area (Å²) < 4.78 is 36.6. The number of carbonyl (C=O) groups is 1. The summed E-state index contributed by atoms with van der Waals surface area (Å²) in [6, 6.07) is 3.13. The predicted octanol–water partition coefficient (Wildman–Crippen LogP) is 3.47. The van der Waals surface area contributed by atoms with E-state index >= 15 is 0 Å². The second kappa shape index (κ2) is 5.50. The van der Waals surface area contributed by atoms with Crippen LogP contribution in [0.25, 0.3) is 0 Å². The van der Waals surface area contributed by atoms with Crippen molar-refractivity contribution in [3.05, 3.63) is 34.0 Å². The van der Waals surface area contributed by atoms with Crippen molar-refractivity contribution in [1.82, 2.24) is 4.98 Å². The van der Waals surface area contributed by atoms with Crippen molar-refractivity contribution in [2.45, 2.75) is 6.18 Å². The summed E-state index contributed by atoms with van der Waals surface area (Å²) in [4.78, 5) is 14.5. The van der Waals surface area contributed by atoms with E-state index < -0.39 is 17.0 Å². The summed E-state index contributed by atoms with van der Waals surface area (Å²) in [6.45, 7) is 0. The molecule has 0 saturated heterocycles. The molecule has 0 aliphatic rings. The van der Waals surface area contributed by atoms with Crippen LogP contribution >= 0.6 is 27.5 Å². The largest absolute Gasteiger partial charge is 0.455 e. The van der Waals surface area contributed by atoms with Crippen LogP contribution in [0.2, 0.25) is 0 Å². The molecule has 0 bridgehead atoms. The van der Waals surface area contributed by atoms with Gasteiger partial charge in [-0.05, 0) is 28.1 Å². The standard InChI is InChI=1S/C9H5BrClF3N2O/c10-5-1-2-7(15-3-5)16-4-6(11)8(17)9(12,13)14/h1-4H,(H,15,16). The second-order valence-corrected chi connectivity index (χ2v) is 4.15. The summed E-state index contributed by atoms with van der Waals surface area (Å²) in [5.41, 5.74) is 0. The first-order valence-corrected chi connectivity index (χ1v) is 5.33. The Bertz CT molecular complexity index is 445. The first-order valence-electron chi connectivity index (χ1n) is 4.16. The van der Waals surface area contributed by atoms with Crippen LogP contribution in [0.1, 0.15) is 0 Å². The molecule has 0 fully saturated rings. The molecule has 0 aromatic carbocycles. The van der Waals surface area contributed by atoms with Gasteiger partial charge in [-0.3, -0.25) is 4.79 Å². The van der Waals surface area contributed by atoms with Gasteiger partial charge in [-0.15, -0.1) is 0 Å². The fourth-order valence-electron chi connectivity index (χ4n) is 0.799. The maximum absolute atomic E-state index is 12.0. The highest BCUT2D eigenvalue weighted by Crippen LogP contribution is 2.22. The average molecular weight is 330 g/mol. The minimum absolute atomic E-state index is 0.265. The Labute approximate surface area is 108 Å². The number of nitrogens with one attached hydrogen (secondary N) is 1. The molecule has 8 heteroatoms. The molecule has 1 aromatic rings. The lowest BCUT2D eigenvalue weighted by Gasteiger charge is -2.04. The Morgan fingerprint density at radius 3 is 2.59 bits per heavy atom. The number of Topliss-reactive ketones (excluding diaryl/α,β-unsaturated/α-hetero) is 1. The van der Waals surface area contributed by atoms with Crippen molar-refractivity contribution in [2.75, 3.05) is 5.32 Å². The Morgan fingerprint density at radius 2 is 2.12 bits per heavy atom. The molecule has 1 heterocycles. The fraction of sp³-hybridized carbons (Fsp3) is 0.111. The zero-order valence-electron chi connectivity index (χ0n) is 8.05. The number of pyridine rings is 1. The van der Waals surface area contributed by atoms with Gasteiger partial charge in [0.2, 0.25) is 0 Å². The zero-order valence-corrected chi connectivity index (χ0v) is 10.4. The number of aromatic nitrogens is 1. The van der Waals surface area contributed by atoms with E-state index in [0.717, 1.165) is 6.20 Å². The van der Waals surface area contributed by atoms with Gasteiger partial charge in [0.15, 0.2) is 0 Å². The van der Waals surface area contributed by atoms with E-state index in [2.05, 4.69) is 26.2 Å². The van der Waals surface area contributed by atoms with Gasteiger partial charge < -0.3 is 5.32 Å². The maximum Gasteiger partial charge on any atom is 0.455 e. The van der Waals surface area contributed by atoms with E-state index in [4.69, 9.17) is 11.6 Å². The molecule has 1 N–H and O–H groups in total. The Morgan fingerprint density at radius 1 is 1.47 bits per heavy atom. The summed E-state index contributed by atoms with van der Waals surface area (Å²) in [5, 5.41) is 1.42. The Hall–Kier alpha value is -1.08. The number of hydrogen-bond acceptors (Lipinski definition) is 3. The molecule has 0 saturated carbocycles. The average Bonchev–Trinajstić information content (AvgIpc) is 2.25. The van der Waals surface area contributed by atoms with E-state index in [1.165, 1.54) is 12.3 Å². The fourth-order valence-corrected chi connectivity index (χ4v) is 1.20. The molecule has 0 radical (unpaired) electrons. The number of ketones is 1. The molecule has 1 rings (SSSR count). The number of hydrogen-bond donors (Lipinski definition) is 1. The lowest BCUT2D eigenvalue weighted by Crippen LogP contribution is -2.23. The minimum atomic E-state index is -4.98. The molecule has 0 aliphatic heterocycles. The molecule has 92 valence electrons. The van der Waals surface area contributed by atoms with Crippen molar-refractivity contribution in [1.29, 1.82) is 0 Å². The summed E-state index contributed by atoms with van der Waals surface area (Å²) in [7, 11) is 0.